The van der Waals surface area contributed by atoms with Crippen LogP contribution in [-0.2, 0) is 28.0 Å². The van der Waals surface area contributed by atoms with Crippen molar-refractivity contribution >= 4 is 11.9 Å². The van der Waals surface area contributed by atoms with Crippen LogP contribution in [0.2, 0.25) is 0 Å². The number of aliphatic carboxylic acids is 1. The van der Waals surface area contributed by atoms with E-state index in [1.54, 1.807) is 12.1 Å². The molecule has 2 atom stereocenters. The van der Waals surface area contributed by atoms with Crippen LogP contribution >= 0.6 is 0 Å². The highest BCUT2D eigenvalue weighted by Crippen LogP contribution is 2.60. The van der Waals surface area contributed by atoms with Gasteiger partial charge in [0, 0.05) is 24.9 Å². The predicted molar refractivity (Wildman–Crippen MR) is 105 cm³/mol. The molecule has 1 amide bonds. The van der Waals surface area contributed by atoms with Crippen LogP contribution in [0.1, 0.15) is 36.0 Å². The number of fused-ring (bicyclic) bond motifs is 2. The highest BCUT2D eigenvalue weighted by atomic mass is 16.5. The first-order chi connectivity index (χ1) is 13.5. The molecule has 146 valence electrons. The summed E-state index contributed by atoms with van der Waals surface area (Å²) in [4.78, 5) is 25.4. The van der Waals surface area contributed by atoms with E-state index in [1.165, 1.54) is 11.1 Å². The monoisotopic (exact) mass is 379 g/mol. The molecule has 0 aromatic heterocycles. The van der Waals surface area contributed by atoms with E-state index in [9.17, 15) is 9.59 Å². The molecule has 0 bridgehead atoms. The van der Waals surface area contributed by atoms with Crippen LogP contribution in [0, 0.1) is 5.92 Å². The molecule has 28 heavy (non-hydrogen) atoms. The summed E-state index contributed by atoms with van der Waals surface area (Å²) in [7, 11) is 1.86. The minimum Gasteiger partial charge on any atom is -0.482 e. The van der Waals surface area contributed by atoms with Crippen molar-refractivity contribution in [2.24, 2.45) is 5.92 Å². The molecule has 2 aliphatic carbocycles. The van der Waals surface area contributed by atoms with E-state index in [0.717, 1.165) is 31.2 Å². The number of carbonyl (C=O) groups is 2. The van der Waals surface area contributed by atoms with Crippen LogP contribution in [0.3, 0.4) is 0 Å². The topological polar surface area (TPSA) is 66.8 Å². The first-order valence-corrected chi connectivity index (χ1v) is 9.76. The lowest BCUT2D eigenvalue weighted by Crippen LogP contribution is -2.31. The molecule has 1 spiro atoms. The molecule has 2 aromatic rings. The standard InChI is InChI=1S/C23H25NO4/c1-24(14-16-8-10-18(11-9-16)28-15-21(25)26)22(27)20-13-23(20)12-4-6-17-5-2-3-7-19(17)23/h2-3,5,7-11,20H,4,6,12-15H2,1H3,(H,25,26). The maximum absolute atomic E-state index is 13.1. The van der Waals surface area contributed by atoms with Crippen molar-refractivity contribution in [3.63, 3.8) is 0 Å². The highest BCUT2D eigenvalue weighted by Gasteiger charge is 2.60. The fraction of sp³-hybridized carbons (Fsp3) is 0.391. The van der Waals surface area contributed by atoms with Gasteiger partial charge in [0.1, 0.15) is 5.75 Å². The maximum Gasteiger partial charge on any atom is 0.341 e. The molecule has 0 radical (unpaired) electrons. The second kappa shape index (κ2) is 7.30. The van der Waals surface area contributed by atoms with Gasteiger partial charge in [-0.15, -0.1) is 0 Å². The third-order valence-corrected chi connectivity index (χ3v) is 6.08. The number of rotatable bonds is 6. The van der Waals surface area contributed by atoms with E-state index in [0.29, 0.717) is 12.3 Å². The van der Waals surface area contributed by atoms with Crippen molar-refractivity contribution in [1.82, 2.24) is 4.90 Å². The first kappa shape index (κ1) is 18.5. The summed E-state index contributed by atoms with van der Waals surface area (Å²) in [5, 5.41) is 8.66. The summed E-state index contributed by atoms with van der Waals surface area (Å²) in [5.74, 6) is -0.197. The molecule has 0 aliphatic heterocycles. The van der Waals surface area contributed by atoms with Crippen LogP contribution in [-0.4, -0.2) is 35.5 Å². The summed E-state index contributed by atoms with van der Waals surface area (Å²) in [6.07, 6.45) is 4.33. The van der Waals surface area contributed by atoms with Gasteiger partial charge in [-0.1, -0.05) is 36.4 Å². The Labute approximate surface area is 164 Å². The second-order valence-corrected chi connectivity index (χ2v) is 7.94. The van der Waals surface area contributed by atoms with Crippen molar-refractivity contribution in [2.45, 2.75) is 37.6 Å². The van der Waals surface area contributed by atoms with E-state index in [2.05, 4.69) is 24.3 Å². The van der Waals surface area contributed by atoms with Gasteiger partial charge >= 0.3 is 5.97 Å². The van der Waals surface area contributed by atoms with Gasteiger partial charge in [-0.25, -0.2) is 4.79 Å². The van der Waals surface area contributed by atoms with Gasteiger partial charge in [0.15, 0.2) is 6.61 Å². The maximum atomic E-state index is 13.1. The van der Waals surface area contributed by atoms with Crippen molar-refractivity contribution in [3.8, 4) is 5.75 Å². The van der Waals surface area contributed by atoms with Crippen LogP contribution in [0.25, 0.3) is 0 Å². The fourth-order valence-electron chi connectivity index (χ4n) is 4.61. The van der Waals surface area contributed by atoms with Gasteiger partial charge in [0.25, 0.3) is 0 Å². The van der Waals surface area contributed by atoms with E-state index in [4.69, 9.17) is 9.84 Å². The third-order valence-electron chi connectivity index (χ3n) is 6.08. The van der Waals surface area contributed by atoms with Gasteiger partial charge in [-0.3, -0.25) is 4.79 Å². The number of aryl methyl sites for hydroxylation is 1. The smallest absolute Gasteiger partial charge is 0.341 e. The molecular weight excluding hydrogens is 354 g/mol. The van der Waals surface area contributed by atoms with Crippen LogP contribution in [0.4, 0.5) is 0 Å². The Morgan fingerprint density at radius 1 is 1.18 bits per heavy atom. The van der Waals surface area contributed by atoms with Gasteiger partial charge in [0.05, 0.1) is 0 Å². The average Bonchev–Trinajstić information content (AvgIpc) is 3.41. The molecule has 0 heterocycles. The zero-order valence-electron chi connectivity index (χ0n) is 16.1. The Balaban J connectivity index is 1.40. The number of carbonyl (C=O) groups excluding carboxylic acids is 1. The summed E-state index contributed by atoms with van der Waals surface area (Å²) >= 11 is 0. The lowest BCUT2D eigenvalue weighted by Gasteiger charge is -2.27. The van der Waals surface area contributed by atoms with Gasteiger partial charge in [-0.05, 0) is 54.5 Å². The van der Waals surface area contributed by atoms with E-state index in [-0.39, 0.29) is 23.8 Å². The number of nitrogens with zero attached hydrogens (tertiary/aromatic N) is 1. The summed E-state index contributed by atoms with van der Waals surface area (Å²) in [6, 6.07) is 15.8. The van der Waals surface area contributed by atoms with Gasteiger partial charge in [0.2, 0.25) is 5.91 Å². The summed E-state index contributed by atoms with van der Waals surface area (Å²) in [6.45, 7) is 0.176. The minimum atomic E-state index is -1.00. The molecule has 1 fully saturated rings. The Morgan fingerprint density at radius 3 is 2.68 bits per heavy atom. The van der Waals surface area contributed by atoms with E-state index in [1.807, 2.05) is 24.1 Å². The lowest BCUT2D eigenvalue weighted by molar-refractivity contribution is -0.139. The molecule has 2 aromatic carbocycles. The van der Waals surface area contributed by atoms with E-state index < -0.39 is 5.97 Å². The van der Waals surface area contributed by atoms with Crippen LogP contribution in [0.15, 0.2) is 48.5 Å². The average molecular weight is 379 g/mol. The number of benzene rings is 2. The normalized spacial score (nSPS) is 22.4. The molecule has 0 saturated heterocycles. The predicted octanol–water partition coefficient (Wildman–Crippen LogP) is 3.40. The summed E-state index contributed by atoms with van der Waals surface area (Å²) in [5.41, 5.74) is 3.84. The van der Waals surface area contributed by atoms with Gasteiger partial charge in [-0.2, -0.15) is 0 Å². The Hall–Kier alpha value is -2.82. The molecule has 5 heteroatoms. The number of amides is 1. The number of hydrogen-bond acceptors (Lipinski definition) is 3. The molecule has 2 aliphatic rings. The molecule has 5 nitrogen and oxygen atoms in total. The Kier molecular flexibility index (Phi) is 4.84. The Bertz CT molecular complexity index is 892. The van der Waals surface area contributed by atoms with Crippen molar-refractivity contribution in [1.29, 1.82) is 0 Å². The molecule has 1 saturated carbocycles. The zero-order chi connectivity index (χ0) is 19.7. The molecular formula is C23H25NO4. The third kappa shape index (κ3) is 3.49. The van der Waals surface area contributed by atoms with Gasteiger partial charge < -0.3 is 14.7 Å². The Morgan fingerprint density at radius 2 is 1.93 bits per heavy atom. The lowest BCUT2D eigenvalue weighted by atomic mass is 9.78. The van der Waals surface area contributed by atoms with Crippen molar-refractivity contribution < 1.29 is 19.4 Å². The molecule has 2 unspecified atom stereocenters. The van der Waals surface area contributed by atoms with E-state index >= 15 is 0 Å². The van der Waals surface area contributed by atoms with Crippen LogP contribution in [0.5, 0.6) is 5.75 Å². The van der Waals surface area contributed by atoms with Crippen molar-refractivity contribution in [3.05, 3.63) is 65.2 Å². The SMILES string of the molecule is CN(Cc1ccc(OCC(=O)O)cc1)C(=O)C1CC12CCCc1ccccc12. The number of ether oxygens (including phenoxy) is 1. The number of hydrogen-bond donors (Lipinski definition) is 1. The highest BCUT2D eigenvalue weighted by molar-refractivity contribution is 5.84. The largest absolute Gasteiger partial charge is 0.482 e. The minimum absolute atomic E-state index is 0.0503. The number of carboxylic acid groups (broad SMARTS) is 1. The second-order valence-electron chi connectivity index (χ2n) is 7.94. The first-order valence-electron chi connectivity index (χ1n) is 9.76. The quantitative estimate of drug-likeness (QED) is 0.835. The zero-order valence-corrected chi connectivity index (χ0v) is 16.1. The number of carboxylic acids is 1. The van der Waals surface area contributed by atoms with Crippen LogP contribution < -0.4 is 4.74 Å². The molecule has 4 rings (SSSR count). The fourth-order valence-corrected chi connectivity index (χ4v) is 4.61. The molecule has 1 N–H and O–H groups in total. The summed E-state index contributed by atoms with van der Waals surface area (Å²) < 4.78 is 5.15. The van der Waals surface area contributed by atoms with Crippen molar-refractivity contribution in [2.75, 3.05) is 13.7 Å².